The van der Waals surface area contributed by atoms with Crippen molar-refractivity contribution in [2.24, 2.45) is 0 Å². The van der Waals surface area contributed by atoms with E-state index in [4.69, 9.17) is 0 Å². The quantitative estimate of drug-likeness (QED) is 0.756. The van der Waals surface area contributed by atoms with Gasteiger partial charge >= 0.3 is 0 Å². The summed E-state index contributed by atoms with van der Waals surface area (Å²) in [4.78, 5) is 21.6. The van der Waals surface area contributed by atoms with Crippen molar-refractivity contribution in [3.05, 3.63) is 65.4 Å². The second kappa shape index (κ2) is 6.37. The number of carbonyl (C=O) groups excluding carboxylic acids is 1. The maximum absolute atomic E-state index is 13.2. The maximum atomic E-state index is 13.2. The topological polar surface area (TPSA) is 54.9 Å². The van der Waals surface area contributed by atoms with Crippen molar-refractivity contribution in [3.63, 3.8) is 0 Å². The van der Waals surface area contributed by atoms with Gasteiger partial charge in [-0.05, 0) is 42.7 Å². The van der Waals surface area contributed by atoms with Gasteiger partial charge in [-0.15, -0.1) is 11.3 Å². The van der Waals surface area contributed by atoms with Gasteiger partial charge in [-0.1, -0.05) is 24.6 Å². The van der Waals surface area contributed by atoms with Gasteiger partial charge in [-0.2, -0.15) is 0 Å². The molecule has 0 radical (unpaired) electrons. The summed E-state index contributed by atoms with van der Waals surface area (Å²) in [6.45, 7) is 0. The fourth-order valence-corrected chi connectivity index (χ4v) is 3.83. The number of anilines is 1. The van der Waals surface area contributed by atoms with Crippen LogP contribution >= 0.6 is 11.3 Å². The van der Waals surface area contributed by atoms with Crippen molar-refractivity contribution in [1.29, 1.82) is 0 Å². The number of pyridine rings is 1. The molecule has 2 heterocycles. The predicted octanol–water partition coefficient (Wildman–Crippen LogP) is 4.40. The minimum absolute atomic E-state index is 0.0766. The molecule has 1 N–H and O–H groups in total. The summed E-state index contributed by atoms with van der Waals surface area (Å²) in [7, 11) is 0. The van der Waals surface area contributed by atoms with Crippen molar-refractivity contribution in [2.75, 3.05) is 5.32 Å². The van der Waals surface area contributed by atoms with Gasteiger partial charge in [0.05, 0.1) is 11.1 Å². The zero-order valence-corrected chi connectivity index (χ0v) is 14.2. The van der Waals surface area contributed by atoms with Gasteiger partial charge in [-0.3, -0.25) is 9.78 Å². The molecule has 0 atom stereocenters. The second-order valence-electron chi connectivity index (χ2n) is 6.15. The van der Waals surface area contributed by atoms with Gasteiger partial charge in [0, 0.05) is 11.6 Å². The zero-order valence-electron chi connectivity index (χ0n) is 13.4. The number of benzene rings is 1. The third kappa shape index (κ3) is 2.93. The normalized spacial score (nSPS) is 15.4. The van der Waals surface area contributed by atoms with Gasteiger partial charge in [0.2, 0.25) is 5.91 Å². The summed E-state index contributed by atoms with van der Waals surface area (Å²) >= 11 is 1.38. The molecule has 2 aromatic heterocycles. The Labute approximate surface area is 148 Å². The monoisotopic (exact) mass is 353 g/mol. The maximum Gasteiger partial charge on any atom is 0.236 e. The number of nitrogens with one attached hydrogen (secondary N) is 1. The van der Waals surface area contributed by atoms with E-state index in [1.54, 1.807) is 18.3 Å². The van der Waals surface area contributed by atoms with Gasteiger partial charge < -0.3 is 5.32 Å². The van der Waals surface area contributed by atoms with E-state index < -0.39 is 5.41 Å². The molecule has 3 aromatic rings. The van der Waals surface area contributed by atoms with E-state index in [9.17, 15) is 9.18 Å². The van der Waals surface area contributed by atoms with E-state index >= 15 is 0 Å². The molecule has 0 saturated heterocycles. The van der Waals surface area contributed by atoms with Crippen LogP contribution in [-0.2, 0) is 10.2 Å². The van der Waals surface area contributed by atoms with E-state index in [1.807, 2.05) is 23.6 Å². The third-order valence-corrected chi connectivity index (χ3v) is 5.45. The Hall–Kier alpha value is -2.60. The van der Waals surface area contributed by atoms with Crippen molar-refractivity contribution in [3.8, 4) is 11.4 Å². The number of aromatic nitrogens is 2. The smallest absolute Gasteiger partial charge is 0.236 e. The highest BCUT2D eigenvalue weighted by molar-refractivity contribution is 7.14. The van der Waals surface area contributed by atoms with Gasteiger partial charge in [0.1, 0.15) is 11.5 Å². The van der Waals surface area contributed by atoms with E-state index in [-0.39, 0.29) is 11.7 Å². The summed E-state index contributed by atoms with van der Waals surface area (Å²) in [5.74, 6) is -0.370. The Morgan fingerprint density at radius 1 is 1.12 bits per heavy atom. The van der Waals surface area contributed by atoms with Crippen LogP contribution in [0, 0.1) is 5.82 Å². The molecule has 25 heavy (non-hydrogen) atoms. The number of hydrogen-bond acceptors (Lipinski definition) is 4. The van der Waals surface area contributed by atoms with Crippen LogP contribution in [0.4, 0.5) is 9.52 Å². The fourth-order valence-electron chi connectivity index (χ4n) is 3.13. The van der Waals surface area contributed by atoms with Crippen LogP contribution in [0.25, 0.3) is 11.4 Å². The first-order chi connectivity index (χ1) is 12.2. The highest BCUT2D eigenvalue weighted by Gasteiger charge is 2.45. The minimum Gasteiger partial charge on any atom is -0.301 e. The summed E-state index contributed by atoms with van der Waals surface area (Å²) in [6, 6.07) is 11.9. The molecule has 4 rings (SSSR count). The number of halogens is 1. The van der Waals surface area contributed by atoms with Crippen LogP contribution < -0.4 is 5.32 Å². The number of amides is 1. The zero-order chi connectivity index (χ0) is 17.3. The van der Waals surface area contributed by atoms with E-state index in [1.165, 1.54) is 23.5 Å². The Balaban J connectivity index is 1.55. The van der Waals surface area contributed by atoms with Crippen molar-refractivity contribution >= 4 is 22.4 Å². The summed E-state index contributed by atoms with van der Waals surface area (Å²) in [6.07, 6.45) is 4.23. The molecule has 1 amide bonds. The number of nitrogens with zero attached hydrogens (tertiary/aromatic N) is 2. The SMILES string of the molecule is O=C(Nc1nc(-c2ccccn2)cs1)C1(c2ccc(F)cc2)CCC1. The Morgan fingerprint density at radius 3 is 2.56 bits per heavy atom. The lowest BCUT2D eigenvalue weighted by Crippen LogP contribution is -2.46. The molecule has 1 aliphatic rings. The average molecular weight is 353 g/mol. The lowest BCUT2D eigenvalue weighted by Gasteiger charge is -2.40. The second-order valence-corrected chi connectivity index (χ2v) is 7.01. The number of rotatable bonds is 4. The molecule has 0 aliphatic heterocycles. The van der Waals surface area contributed by atoms with Crippen molar-refractivity contribution in [2.45, 2.75) is 24.7 Å². The summed E-state index contributed by atoms with van der Waals surface area (Å²) < 4.78 is 13.2. The Bertz CT molecular complexity index is 889. The average Bonchev–Trinajstić information content (AvgIpc) is 3.05. The lowest BCUT2D eigenvalue weighted by atomic mass is 9.64. The van der Waals surface area contributed by atoms with Crippen LogP contribution in [0.3, 0.4) is 0 Å². The Kier molecular flexibility index (Phi) is 4.05. The van der Waals surface area contributed by atoms with E-state index in [0.29, 0.717) is 5.13 Å². The van der Waals surface area contributed by atoms with Crippen LogP contribution in [0.15, 0.2) is 54.0 Å². The van der Waals surface area contributed by atoms with Crippen molar-refractivity contribution < 1.29 is 9.18 Å². The summed E-state index contributed by atoms with van der Waals surface area (Å²) in [5.41, 5.74) is 1.80. The highest BCUT2D eigenvalue weighted by atomic mass is 32.1. The standard InChI is InChI=1S/C19H16FN3OS/c20-14-7-5-13(6-8-14)19(9-3-10-19)17(24)23-18-22-16(12-25-18)15-4-1-2-11-21-15/h1-2,4-8,11-12H,3,9-10H2,(H,22,23,24). The fraction of sp³-hybridized carbons (Fsp3) is 0.211. The molecule has 126 valence electrons. The highest BCUT2D eigenvalue weighted by Crippen LogP contribution is 2.44. The summed E-state index contributed by atoms with van der Waals surface area (Å²) in [5, 5.41) is 5.37. The van der Waals surface area contributed by atoms with Gasteiger partial charge in [0.15, 0.2) is 5.13 Å². The van der Waals surface area contributed by atoms with Crippen LogP contribution in [0.2, 0.25) is 0 Å². The number of carbonyl (C=O) groups is 1. The first kappa shape index (κ1) is 15.9. The molecule has 0 bridgehead atoms. The minimum atomic E-state index is -0.579. The molecule has 1 fully saturated rings. The molecular formula is C19H16FN3OS. The number of hydrogen-bond donors (Lipinski definition) is 1. The Morgan fingerprint density at radius 2 is 1.92 bits per heavy atom. The molecule has 0 spiro atoms. The molecule has 1 aromatic carbocycles. The molecular weight excluding hydrogens is 337 g/mol. The predicted molar refractivity (Wildman–Crippen MR) is 95.9 cm³/mol. The first-order valence-electron chi connectivity index (χ1n) is 8.12. The number of thiazole rings is 1. The molecule has 1 saturated carbocycles. The van der Waals surface area contributed by atoms with Gasteiger partial charge in [0.25, 0.3) is 0 Å². The molecule has 1 aliphatic carbocycles. The first-order valence-corrected chi connectivity index (χ1v) is 9.00. The van der Waals surface area contributed by atoms with Crippen LogP contribution in [0.1, 0.15) is 24.8 Å². The van der Waals surface area contributed by atoms with Crippen LogP contribution in [0.5, 0.6) is 0 Å². The molecule has 4 nitrogen and oxygen atoms in total. The van der Waals surface area contributed by atoms with Crippen LogP contribution in [-0.4, -0.2) is 15.9 Å². The molecule has 6 heteroatoms. The van der Waals surface area contributed by atoms with E-state index in [0.717, 1.165) is 36.2 Å². The van der Waals surface area contributed by atoms with E-state index in [2.05, 4.69) is 15.3 Å². The largest absolute Gasteiger partial charge is 0.301 e. The lowest BCUT2D eigenvalue weighted by molar-refractivity contribution is -0.124. The van der Waals surface area contributed by atoms with Crippen molar-refractivity contribution in [1.82, 2.24) is 9.97 Å². The third-order valence-electron chi connectivity index (χ3n) is 4.69. The van der Waals surface area contributed by atoms with Gasteiger partial charge in [-0.25, -0.2) is 9.37 Å². The molecule has 0 unspecified atom stereocenters.